The quantitative estimate of drug-likeness (QED) is 0.535. The molecule has 0 spiro atoms. The van der Waals surface area contributed by atoms with Crippen molar-refractivity contribution in [2.75, 3.05) is 0 Å². The Bertz CT molecular complexity index is 167. The van der Waals surface area contributed by atoms with Crippen molar-refractivity contribution in [2.45, 2.75) is 25.7 Å². The Morgan fingerprint density at radius 1 is 1.30 bits per heavy atom. The highest BCUT2D eigenvalue weighted by molar-refractivity contribution is 6.64. The largest absolute Gasteiger partial charge is 0.281 e. The molecule has 2 aliphatic rings. The van der Waals surface area contributed by atoms with Crippen LogP contribution in [0.2, 0.25) is 0 Å². The van der Waals surface area contributed by atoms with E-state index in [-0.39, 0.29) is 11.2 Å². The van der Waals surface area contributed by atoms with E-state index in [2.05, 4.69) is 0 Å². The van der Waals surface area contributed by atoms with Crippen LogP contribution in [0.25, 0.3) is 0 Å². The van der Waals surface area contributed by atoms with E-state index in [0.29, 0.717) is 5.92 Å². The van der Waals surface area contributed by atoms with E-state index in [9.17, 15) is 4.79 Å². The van der Waals surface area contributed by atoms with Crippen LogP contribution in [0.5, 0.6) is 0 Å². The third kappa shape index (κ3) is 0.878. The van der Waals surface area contributed by atoms with Gasteiger partial charge in [-0.2, -0.15) is 0 Å². The average Bonchev–Trinajstić information content (AvgIpc) is 2.44. The van der Waals surface area contributed by atoms with Gasteiger partial charge in [0.1, 0.15) is 0 Å². The number of fused-ring (bicyclic) bond motifs is 2. The molecule has 0 aromatic heterocycles. The molecule has 2 saturated carbocycles. The summed E-state index contributed by atoms with van der Waals surface area (Å²) in [5.74, 6) is 1.70. The van der Waals surface area contributed by atoms with Crippen molar-refractivity contribution in [3.8, 4) is 0 Å². The fourth-order valence-corrected chi connectivity index (χ4v) is 2.79. The first-order chi connectivity index (χ1) is 4.77. The van der Waals surface area contributed by atoms with Crippen molar-refractivity contribution in [3.05, 3.63) is 0 Å². The molecule has 0 aliphatic heterocycles. The Kier molecular flexibility index (Phi) is 1.48. The summed E-state index contributed by atoms with van der Waals surface area (Å²) < 4.78 is 0. The molecule has 0 aromatic carbocycles. The molecule has 0 aromatic rings. The van der Waals surface area contributed by atoms with Gasteiger partial charge in [0.2, 0.25) is 5.24 Å². The first kappa shape index (κ1) is 6.66. The van der Waals surface area contributed by atoms with Crippen LogP contribution in [-0.4, -0.2) is 5.24 Å². The zero-order chi connectivity index (χ0) is 7.14. The van der Waals surface area contributed by atoms with Crippen LogP contribution in [0.4, 0.5) is 0 Å². The Hall–Kier alpha value is -0.0400. The second-order valence-electron chi connectivity index (χ2n) is 3.59. The molecule has 1 unspecified atom stereocenters. The minimum atomic E-state index is -0.0906. The summed E-state index contributed by atoms with van der Waals surface area (Å²) in [6, 6.07) is 0. The predicted molar refractivity (Wildman–Crippen MR) is 39.8 cm³/mol. The fourth-order valence-electron chi connectivity index (χ4n) is 2.52. The lowest BCUT2D eigenvalue weighted by Crippen LogP contribution is -2.16. The van der Waals surface area contributed by atoms with Gasteiger partial charge in [0.05, 0.1) is 0 Å². The van der Waals surface area contributed by atoms with Crippen molar-refractivity contribution >= 4 is 16.8 Å². The van der Waals surface area contributed by atoms with Crippen LogP contribution < -0.4 is 0 Å². The smallest absolute Gasteiger partial charge is 0.225 e. The lowest BCUT2D eigenvalue weighted by Gasteiger charge is -2.16. The first-order valence-electron chi connectivity index (χ1n) is 3.96. The third-order valence-electron chi connectivity index (χ3n) is 3.03. The number of carbonyl (C=O) groups is 1. The summed E-state index contributed by atoms with van der Waals surface area (Å²) in [6.07, 6.45) is 4.93. The molecule has 0 saturated heterocycles. The zero-order valence-corrected chi connectivity index (χ0v) is 6.60. The number of carbonyl (C=O) groups excluding carboxylic acids is 1. The SMILES string of the molecule is O=C(Cl)C1C[C@@H]2CC[C@H]1C2. The van der Waals surface area contributed by atoms with Gasteiger partial charge < -0.3 is 0 Å². The lowest BCUT2D eigenvalue weighted by molar-refractivity contribution is -0.116. The maximum absolute atomic E-state index is 10.8. The number of hydrogen-bond acceptors (Lipinski definition) is 1. The highest BCUT2D eigenvalue weighted by Crippen LogP contribution is 2.48. The summed E-state index contributed by atoms with van der Waals surface area (Å²) >= 11 is 5.44. The number of rotatable bonds is 1. The molecule has 0 amide bonds. The highest BCUT2D eigenvalue weighted by Gasteiger charge is 2.42. The molecule has 3 atom stereocenters. The second-order valence-corrected chi connectivity index (χ2v) is 3.96. The molecule has 10 heavy (non-hydrogen) atoms. The fraction of sp³-hybridized carbons (Fsp3) is 0.875. The normalized spacial score (nSPS) is 44.3. The number of hydrogen-bond donors (Lipinski definition) is 0. The Morgan fingerprint density at radius 2 is 2.10 bits per heavy atom. The van der Waals surface area contributed by atoms with Crippen molar-refractivity contribution in [3.63, 3.8) is 0 Å². The van der Waals surface area contributed by atoms with Gasteiger partial charge in [0.15, 0.2) is 0 Å². The minimum absolute atomic E-state index is 0.0906. The molecule has 0 heterocycles. The standard InChI is InChI=1S/C8H11ClO/c9-8(10)7-4-5-1-2-6(7)3-5/h5-7H,1-4H2/t5-,6+,7?/m1/s1. The zero-order valence-electron chi connectivity index (χ0n) is 5.85. The van der Waals surface area contributed by atoms with E-state index in [4.69, 9.17) is 11.6 Å². The van der Waals surface area contributed by atoms with Crippen LogP contribution in [0, 0.1) is 17.8 Å². The monoisotopic (exact) mass is 158 g/mol. The van der Waals surface area contributed by atoms with Crippen molar-refractivity contribution in [1.29, 1.82) is 0 Å². The summed E-state index contributed by atoms with van der Waals surface area (Å²) in [6.45, 7) is 0. The number of halogens is 1. The molecule has 2 heteroatoms. The van der Waals surface area contributed by atoms with Gasteiger partial charge in [-0.05, 0) is 42.7 Å². The average molecular weight is 159 g/mol. The molecule has 2 aliphatic carbocycles. The first-order valence-corrected chi connectivity index (χ1v) is 4.34. The maximum Gasteiger partial charge on any atom is 0.225 e. The summed E-state index contributed by atoms with van der Waals surface area (Å²) in [7, 11) is 0. The lowest BCUT2D eigenvalue weighted by atomic mass is 9.90. The molecule has 2 fully saturated rings. The van der Waals surface area contributed by atoms with Gasteiger partial charge in [-0.25, -0.2) is 0 Å². The van der Waals surface area contributed by atoms with Gasteiger partial charge in [0, 0.05) is 5.92 Å². The van der Waals surface area contributed by atoms with Crippen LogP contribution in [0.15, 0.2) is 0 Å². The van der Waals surface area contributed by atoms with E-state index in [1.54, 1.807) is 0 Å². The van der Waals surface area contributed by atoms with Gasteiger partial charge in [-0.3, -0.25) is 4.79 Å². The third-order valence-corrected chi connectivity index (χ3v) is 3.31. The van der Waals surface area contributed by atoms with E-state index >= 15 is 0 Å². The molecule has 0 N–H and O–H groups in total. The highest BCUT2D eigenvalue weighted by atomic mass is 35.5. The Balaban J connectivity index is 2.08. The molecular formula is C8H11ClO. The molecule has 56 valence electrons. The molecular weight excluding hydrogens is 148 g/mol. The molecule has 1 nitrogen and oxygen atoms in total. The van der Waals surface area contributed by atoms with Crippen LogP contribution in [0.1, 0.15) is 25.7 Å². The summed E-state index contributed by atoms with van der Waals surface area (Å²) in [4.78, 5) is 10.8. The molecule has 2 bridgehead atoms. The molecule has 0 radical (unpaired) electrons. The van der Waals surface area contributed by atoms with Crippen LogP contribution in [0.3, 0.4) is 0 Å². The van der Waals surface area contributed by atoms with E-state index in [1.165, 1.54) is 19.3 Å². The maximum atomic E-state index is 10.8. The second kappa shape index (κ2) is 2.23. The Labute approximate surface area is 65.7 Å². The van der Waals surface area contributed by atoms with Crippen molar-refractivity contribution in [2.24, 2.45) is 17.8 Å². The van der Waals surface area contributed by atoms with Gasteiger partial charge in [-0.1, -0.05) is 6.42 Å². The summed E-state index contributed by atoms with van der Waals surface area (Å²) in [5, 5.41) is -0.0906. The van der Waals surface area contributed by atoms with E-state index in [1.807, 2.05) is 0 Å². The molecule has 2 rings (SSSR count). The Morgan fingerprint density at radius 3 is 2.40 bits per heavy atom. The van der Waals surface area contributed by atoms with Crippen LogP contribution in [-0.2, 0) is 4.79 Å². The van der Waals surface area contributed by atoms with Crippen molar-refractivity contribution in [1.82, 2.24) is 0 Å². The van der Waals surface area contributed by atoms with Crippen molar-refractivity contribution < 1.29 is 4.79 Å². The topological polar surface area (TPSA) is 17.1 Å². The van der Waals surface area contributed by atoms with Crippen LogP contribution >= 0.6 is 11.6 Å². The predicted octanol–water partition coefficient (Wildman–Crippen LogP) is 2.19. The van der Waals surface area contributed by atoms with E-state index < -0.39 is 0 Å². The van der Waals surface area contributed by atoms with E-state index in [0.717, 1.165) is 12.3 Å². The summed E-state index contributed by atoms with van der Waals surface area (Å²) in [5.41, 5.74) is 0. The minimum Gasteiger partial charge on any atom is -0.281 e. The van der Waals surface area contributed by atoms with Gasteiger partial charge in [-0.15, -0.1) is 0 Å². The van der Waals surface area contributed by atoms with Gasteiger partial charge >= 0.3 is 0 Å². The van der Waals surface area contributed by atoms with Gasteiger partial charge in [0.25, 0.3) is 0 Å².